The van der Waals surface area contributed by atoms with E-state index in [2.05, 4.69) is 15.4 Å². The zero-order valence-corrected chi connectivity index (χ0v) is 11.0. The van der Waals surface area contributed by atoms with E-state index in [9.17, 15) is 0 Å². The number of ether oxygens (including phenoxy) is 1. The highest BCUT2D eigenvalue weighted by Crippen LogP contribution is 2.29. The van der Waals surface area contributed by atoms with Crippen LogP contribution in [0.4, 0.5) is 5.82 Å². The first-order chi connectivity index (χ1) is 9.78. The van der Waals surface area contributed by atoms with E-state index in [4.69, 9.17) is 10.6 Å². The molecule has 5 nitrogen and oxygen atoms in total. The zero-order valence-electron chi connectivity index (χ0n) is 11.0. The van der Waals surface area contributed by atoms with Gasteiger partial charge in [0.1, 0.15) is 5.75 Å². The Kier molecular flexibility index (Phi) is 3.18. The number of fused-ring (bicyclic) bond motifs is 1. The third-order valence-electron chi connectivity index (χ3n) is 2.98. The van der Waals surface area contributed by atoms with E-state index in [0.717, 1.165) is 22.3 Å². The molecule has 0 aliphatic rings. The summed E-state index contributed by atoms with van der Waals surface area (Å²) in [5, 5.41) is 0. The molecule has 5 heteroatoms. The monoisotopic (exact) mass is 266 g/mol. The number of para-hydroxylation sites is 3. The molecule has 0 aliphatic heterocycles. The lowest BCUT2D eigenvalue weighted by atomic mass is 10.2. The van der Waals surface area contributed by atoms with E-state index in [1.807, 2.05) is 55.5 Å². The second-order valence-electron chi connectivity index (χ2n) is 4.38. The van der Waals surface area contributed by atoms with Crippen molar-refractivity contribution < 1.29 is 4.74 Å². The predicted octanol–water partition coefficient (Wildman–Crippen LogP) is 3.02. The standard InChI is InChI=1S/C15H14N4O/c1-10-6-2-5-9-13(10)20-15-14(19-16)17-11-7-3-4-8-12(11)18-15/h2-9H,16H2,1H3,(H,17,19). The average molecular weight is 266 g/mol. The number of nitrogens with zero attached hydrogens (tertiary/aromatic N) is 2. The number of hydrogen-bond donors (Lipinski definition) is 2. The van der Waals surface area contributed by atoms with Gasteiger partial charge in [0.2, 0.25) is 5.82 Å². The quantitative estimate of drug-likeness (QED) is 0.563. The van der Waals surface area contributed by atoms with Crippen LogP contribution >= 0.6 is 0 Å². The Hall–Kier alpha value is -2.66. The first-order valence-electron chi connectivity index (χ1n) is 6.25. The van der Waals surface area contributed by atoms with Crippen molar-refractivity contribution in [3.63, 3.8) is 0 Å². The molecule has 1 aromatic heterocycles. The van der Waals surface area contributed by atoms with Crippen molar-refractivity contribution >= 4 is 16.9 Å². The maximum atomic E-state index is 5.82. The van der Waals surface area contributed by atoms with Crippen molar-refractivity contribution in [2.24, 2.45) is 5.84 Å². The first kappa shape index (κ1) is 12.4. The molecule has 0 saturated heterocycles. The smallest absolute Gasteiger partial charge is 0.264 e. The third-order valence-corrected chi connectivity index (χ3v) is 2.98. The summed E-state index contributed by atoms with van der Waals surface area (Å²) in [7, 11) is 0. The van der Waals surface area contributed by atoms with Gasteiger partial charge in [-0.2, -0.15) is 0 Å². The summed E-state index contributed by atoms with van der Waals surface area (Å²) >= 11 is 0. The van der Waals surface area contributed by atoms with Crippen LogP contribution in [0.5, 0.6) is 11.6 Å². The Morgan fingerprint density at radius 3 is 2.30 bits per heavy atom. The van der Waals surface area contributed by atoms with Gasteiger partial charge in [0.15, 0.2) is 0 Å². The SMILES string of the molecule is Cc1ccccc1Oc1nc2ccccc2nc1NN. The van der Waals surface area contributed by atoms with E-state index in [1.54, 1.807) is 0 Å². The highest BCUT2D eigenvalue weighted by atomic mass is 16.5. The highest BCUT2D eigenvalue weighted by molar-refractivity contribution is 5.77. The molecule has 0 bridgehead atoms. The number of aromatic nitrogens is 2. The van der Waals surface area contributed by atoms with E-state index >= 15 is 0 Å². The van der Waals surface area contributed by atoms with E-state index in [-0.39, 0.29) is 0 Å². The van der Waals surface area contributed by atoms with Crippen molar-refractivity contribution in [3.8, 4) is 11.6 Å². The molecule has 0 spiro atoms. The molecule has 100 valence electrons. The van der Waals surface area contributed by atoms with Gasteiger partial charge in [-0.15, -0.1) is 0 Å². The minimum Gasteiger partial charge on any atom is -0.436 e. The van der Waals surface area contributed by atoms with Crippen molar-refractivity contribution in [1.82, 2.24) is 9.97 Å². The van der Waals surface area contributed by atoms with Gasteiger partial charge in [-0.25, -0.2) is 15.8 Å². The second kappa shape index (κ2) is 5.14. The summed E-state index contributed by atoms with van der Waals surface area (Å²) in [6.07, 6.45) is 0. The molecule has 3 rings (SSSR count). The molecule has 1 heterocycles. The van der Waals surface area contributed by atoms with Crippen LogP contribution in [0.1, 0.15) is 5.56 Å². The second-order valence-corrected chi connectivity index (χ2v) is 4.38. The van der Waals surface area contributed by atoms with Crippen molar-refractivity contribution in [1.29, 1.82) is 0 Å². The number of hydrogen-bond acceptors (Lipinski definition) is 5. The van der Waals surface area contributed by atoms with Gasteiger partial charge in [0, 0.05) is 0 Å². The molecule has 0 atom stereocenters. The maximum Gasteiger partial charge on any atom is 0.264 e. The molecule has 0 radical (unpaired) electrons. The average Bonchev–Trinajstić information content (AvgIpc) is 2.49. The van der Waals surface area contributed by atoms with Gasteiger partial charge in [0.05, 0.1) is 11.0 Å². The van der Waals surface area contributed by atoms with Crippen LogP contribution in [0, 0.1) is 6.92 Å². The molecule has 3 aromatic rings. The van der Waals surface area contributed by atoms with Gasteiger partial charge in [-0.05, 0) is 30.7 Å². The summed E-state index contributed by atoms with van der Waals surface area (Å²) < 4.78 is 5.82. The van der Waals surface area contributed by atoms with Crippen molar-refractivity contribution in [3.05, 3.63) is 54.1 Å². The fourth-order valence-corrected chi connectivity index (χ4v) is 1.92. The van der Waals surface area contributed by atoms with E-state index < -0.39 is 0 Å². The van der Waals surface area contributed by atoms with Crippen LogP contribution < -0.4 is 16.0 Å². The van der Waals surface area contributed by atoms with Crippen LogP contribution in [0.15, 0.2) is 48.5 Å². The Balaban J connectivity index is 2.08. The molecule has 0 amide bonds. The fourth-order valence-electron chi connectivity index (χ4n) is 1.92. The molecular weight excluding hydrogens is 252 g/mol. The van der Waals surface area contributed by atoms with Gasteiger partial charge < -0.3 is 10.2 Å². The molecule has 2 aromatic carbocycles. The summed E-state index contributed by atoms with van der Waals surface area (Å²) in [5.41, 5.74) is 5.07. The highest BCUT2D eigenvalue weighted by Gasteiger charge is 2.11. The summed E-state index contributed by atoms with van der Waals surface area (Å²) in [5.74, 6) is 7.00. The van der Waals surface area contributed by atoms with Crippen LogP contribution in [0.3, 0.4) is 0 Å². The number of nitrogens with one attached hydrogen (secondary N) is 1. The lowest BCUT2D eigenvalue weighted by Crippen LogP contribution is -2.11. The molecular formula is C15H14N4O. The van der Waals surface area contributed by atoms with Crippen LogP contribution in [0.2, 0.25) is 0 Å². The third kappa shape index (κ3) is 2.26. The Bertz CT molecular complexity index is 758. The van der Waals surface area contributed by atoms with E-state index in [1.165, 1.54) is 0 Å². The molecule has 20 heavy (non-hydrogen) atoms. The number of anilines is 1. The van der Waals surface area contributed by atoms with Crippen molar-refractivity contribution in [2.45, 2.75) is 6.92 Å². The molecule has 0 fully saturated rings. The summed E-state index contributed by atoms with van der Waals surface area (Å²) in [6, 6.07) is 15.3. The number of benzene rings is 2. The lowest BCUT2D eigenvalue weighted by molar-refractivity contribution is 0.461. The normalized spacial score (nSPS) is 10.5. The number of nitrogens with two attached hydrogens (primary N) is 1. The number of nitrogen functional groups attached to an aromatic ring is 1. The van der Waals surface area contributed by atoms with Gasteiger partial charge in [0.25, 0.3) is 5.88 Å². The number of aryl methyl sites for hydroxylation is 1. The predicted molar refractivity (Wildman–Crippen MR) is 78.6 cm³/mol. The topological polar surface area (TPSA) is 73.1 Å². The van der Waals surface area contributed by atoms with Crippen LogP contribution in [0.25, 0.3) is 11.0 Å². The van der Waals surface area contributed by atoms with Crippen LogP contribution in [-0.4, -0.2) is 9.97 Å². The maximum absolute atomic E-state index is 5.82. The first-order valence-corrected chi connectivity index (χ1v) is 6.25. The molecule has 0 saturated carbocycles. The Morgan fingerprint density at radius 2 is 1.60 bits per heavy atom. The van der Waals surface area contributed by atoms with Crippen molar-refractivity contribution in [2.75, 3.05) is 5.43 Å². The Labute approximate surface area is 116 Å². The molecule has 3 N–H and O–H groups in total. The minimum absolute atomic E-state index is 0.362. The number of rotatable bonds is 3. The minimum atomic E-state index is 0.362. The molecule has 0 unspecified atom stereocenters. The van der Waals surface area contributed by atoms with Gasteiger partial charge >= 0.3 is 0 Å². The van der Waals surface area contributed by atoms with Gasteiger partial charge in [-0.3, -0.25) is 0 Å². The van der Waals surface area contributed by atoms with Crippen LogP contribution in [-0.2, 0) is 0 Å². The number of hydrazine groups is 1. The summed E-state index contributed by atoms with van der Waals surface area (Å²) in [4.78, 5) is 8.85. The lowest BCUT2D eigenvalue weighted by Gasteiger charge is -2.11. The largest absolute Gasteiger partial charge is 0.436 e. The van der Waals surface area contributed by atoms with Gasteiger partial charge in [-0.1, -0.05) is 30.3 Å². The molecule has 0 aliphatic carbocycles. The Morgan fingerprint density at radius 1 is 0.950 bits per heavy atom. The summed E-state index contributed by atoms with van der Waals surface area (Å²) in [6.45, 7) is 1.97. The van der Waals surface area contributed by atoms with E-state index in [0.29, 0.717) is 11.7 Å². The zero-order chi connectivity index (χ0) is 13.9. The fraction of sp³-hybridized carbons (Fsp3) is 0.0667.